The second kappa shape index (κ2) is 7.18. The Morgan fingerprint density at radius 1 is 1.33 bits per heavy atom. The summed E-state index contributed by atoms with van der Waals surface area (Å²) < 4.78 is 1.84. The lowest BCUT2D eigenvalue weighted by atomic mass is 10.1. The molecule has 1 aliphatic heterocycles. The van der Waals surface area contributed by atoms with Gasteiger partial charge in [-0.15, -0.1) is 0 Å². The average Bonchev–Trinajstić information content (AvgIpc) is 3.37. The van der Waals surface area contributed by atoms with Gasteiger partial charge >= 0.3 is 0 Å². The highest BCUT2D eigenvalue weighted by Gasteiger charge is 2.34. The molecular formula is C21H27N5O. The fourth-order valence-corrected chi connectivity index (χ4v) is 3.97. The van der Waals surface area contributed by atoms with E-state index in [1.54, 1.807) is 0 Å². The Bertz CT molecular complexity index is 922. The van der Waals surface area contributed by atoms with Crippen LogP contribution in [0, 0.1) is 5.92 Å². The summed E-state index contributed by atoms with van der Waals surface area (Å²) in [7, 11) is 0. The highest BCUT2D eigenvalue weighted by molar-refractivity contribution is 5.93. The van der Waals surface area contributed by atoms with Crippen molar-refractivity contribution in [2.75, 3.05) is 6.54 Å². The number of amides is 1. The van der Waals surface area contributed by atoms with E-state index in [-0.39, 0.29) is 11.9 Å². The number of nitrogens with one attached hydrogen (secondary N) is 1. The zero-order chi connectivity index (χ0) is 19.0. The maximum absolute atomic E-state index is 13.3. The molecule has 3 aromatic rings. The smallest absolute Gasteiger partial charge is 0.272 e. The van der Waals surface area contributed by atoms with Gasteiger partial charge in [-0.2, -0.15) is 5.10 Å². The Labute approximate surface area is 159 Å². The topological polar surface area (TPSA) is 66.8 Å². The van der Waals surface area contributed by atoms with Crippen molar-refractivity contribution in [2.45, 2.75) is 52.6 Å². The van der Waals surface area contributed by atoms with Crippen LogP contribution in [0.3, 0.4) is 0 Å². The van der Waals surface area contributed by atoms with Gasteiger partial charge in [-0.3, -0.25) is 9.48 Å². The number of rotatable bonds is 5. The molecule has 0 spiro atoms. The molecule has 1 aromatic carbocycles. The lowest BCUT2D eigenvalue weighted by molar-refractivity contribution is 0.0718. The minimum absolute atomic E-state index is 0.00125. The number of hydrogen-bond acceptors (Lipinski definition) is 3. The first-order valence-electron chi connectivity index (χ1n) is 9.89. The standard InChI is InChI=1S/C21H27N5O/c1-4-26-19(13-15(24-26)12-14(2)3)21(27)25-11-7-10-18(25)20-22-16-8-5-6-9-17(16)23-20/h5-6,8-9,13-14,18H,4,7,10-12H2,1-3H3,(H,22,23)/t18-/m1/s1. The van der Waals surface area contributed by atoms with Crippen LogP contribution in [0.4, 0.5) is 0 Å². The highest BCUT2D eigenvalue weighted by Crippen LogP contribution is 2.32. The molecule has 1 saturated heterocycles. The van der Waals surface area contributed by atoms with E-state index in [0.717, 1.165) is 48.4 Å². The molecule has 3 heterocycles. The summed E-state index contributed by atoms with van der Waals surface area (Å²) >= 11 is 0. The summed E-state index contributed by atoms with van der Waals surface area (Å²) in [6.07, 6.45) is 2.82. The monoisotopic (exact) mass is 365 g/mol. The fraction of sp³-hybridized carbons (Fsp3) is 0.476. The van der Waals surface area contributed by atoms with Crippen molar-refractivity contribution in [1.82, 2.24) is 24.6 Å². The van der Waals surface area contributed by atoms with E-state index in [1.807, 2.05) is 46.8 Å². The number of fused-ring (bicyclic) bond motifs is 1. The zero-order valence-corrected chi connectivity index (χ0v) is 16.3. The molecule has 0 aliphatic carbocycles. The van der Waals surface area contributed by atoms with Crippen LogP contribution in [0.25, 0.3) is 11.0 Å². The second-order valence-electron chi connectivity index (χ2n) is 7.73. The summed E-state index contributed by atoms with van der Waals surface area (Å²) in [5.41, 5.74) is 3.65. The first-order chi connectivity index (χ1) is 13.1. The summed E-state index contributed by atoms with van der Waals surface area (Å²) in [5, 5.41) is 4.64. The third-order valence-corrected chi connectivity index (χ3v) is 5.20. The summed E-state index contributed by atoms with van der Waals surface area (Å²) in [5.74, 6) is 1.46. The van der Waals surface area contributed by atoms with Crippen LogP contribution in [-0.2, 0) is 13.0 Å². The molecule has 0 bridgehead atoms. The largest absolute Gasteiger partial charge is 0.340 e. The van der Waals surface area contributed by atoms with E-state index in [9.17, 15) is 4.79 Å². The molecule has 4 rings (SSSR count). The van der Waals surface area contributed by atoms with Gasteiger partial charge in [-0.25, -0.2) is 4.98 Å². The van der Waals surface area contributed by atoms with E-state index in [1.165, 1.54) is 0 Å². The average molecular weight is 365 g/mol. The molecule has 0 saturated carbocycles. The number of nitrogens with zero attached hydrogens (tertiary/aromatic N) is 4. The Hall–Kier alpha value is -2.63. The van der Waals surface area contributed by atoms with Crippen LogP contribution in [0.2, 0.25) is 0 Å². The molecule has 1 amide bonds. The quantitative estimate of drug-likeness (QED) is 0.744. The van der Waals surface area contributed by atoms with Gasteiger partial charge in [0.15, 0.2) is 0 Å². The van der Waals surface area contributed by atoms with Crippen LogP contribution < -0.4 is 0 Å². The number of hydrogen-bond donors (Lipinski definition) is 1. The minimum atomic E-state index is -0.00125. The second-order valence-corrected chi connectivity index (χ2v) is 7.73. The highest BCUT2D eigenvalue weighted by atomic mass is 16.2. The zero-order valence-electron chi connectivity index (χ0n) is 16.3. The first-order valence-corrected chi connectivity index (χ1v) is 9.89. The Morgan fingerprint density at radius 3 is 2.89 bits per heavy atom. The van der Waals surface area contributed by atoms with E-state index in [2.05, 4.69) is 23.9 Å². The summed E-state index contributed by atoms with van der Waals surface area (Å²) in [6.45, 7) is 7.83. The molecule has 0 radical (unpaired) electrons. The number of imidazole rings is 1. The molecule has 1 atom stereocenters. The van der Waals surface area contributed by atoms with E-state index in [0.29, 0.717) is 18.2 Å². The number of aryl methyl sites for hydroxylation is 1. The normalized spacial score (nSPS) is 17.3. The van der Waals surface area contributed by atoms with Gasteiger partial charge in [0, 0.05) is 13.1 Å². The van der Waals surface area contributed by atoms with Gasteiger partial charge in [-0.05, 0) is 50.3 Å². The number of aromatic nitrogens is 4. The van der Waals surface area contributed by atoms with Crippen molar-refractivity contribution in [2.24, 2.45) is 5.92 Å². The van der Waals surface area contributed by atoms with Gasteiger partial charge in [0.05, 0.1) is 22.8 Å². The summed E-state index contributed by atoms with van der Waals surface area (Å²) in [6, 6.07) is 9.98. The molecule has 142 valence electrons. The molecule has 6 nitrogen and oxygen atoms in total. The lowest BCUT2D eigenvalue weighted by Crippen LogP contribution is -2.32. The van der Waals surface area contributed by atoms with Crippen molar-refractivity contribution in [3.05, 3.63) is 47.5 Å². The number of para-hydroxylation sites is 2. The van der Waals surface area contributed by atoms with Crippen molar-refractivity contribution >= 4 is 16.9 Å². The van der Waals surface area contributed by atoms with Crippen LogP contribution in [0.1, 0.15) is 61.7 Å². The molecule has 1 N–H and O–H groups in total. The Morgan fingerprint density at radius 2 is 2.15 bits per heavy atom. The maximum Gasteiger partial charge on any atom is 0.272 e. The predicted octanol–water partition coefficient (Wildman–Crippen LogP) is 3.96. The molecular weight excluding hydrogens is 338 g/mol. The van der Waals surface area contributed by atoms with E-state index < -0.39 is 0 Å². The number of H-pyrrole nitrogens is 1. The van der Waals surface area contributed by atoms with E-state index in [4.69, 9.17) is 4.98 Å². The predicted molar refractivity (Wildman–Crippen MR) is 106 cm³/mol. The van der Waals surface area contributed by atoms with Crippen molar-refractivity contribution in [3.8, 4) is 0 Å². The fourth-order valence-electron chi connectivity index (χ4n) is 3.97. The number of carbonyl (C=O) groups is 1. The number of likely N-dealkylation sites (tertiary alicyclic amines) is 1. The van der Waals surface area contributed by atoms with Gasteiger partial charge in [0.2, 0.25) is 0 Å². The SMILES string of the molecule is CCn1nc(CC(C)C)cc1C(=O)N1CCC[C@@H]1c1nc2ccccc2[nH]1. The first kappa shape index (κ1) is 17.8. The Kier molecular flexibility index (Phi) is 4.72. The molecule has 1 fully saturated rings. The third kappa shape index (κ3) is 3.36. The molecule has 27 heavy (non-hydrogen) atoms. The molecule has 6 heteroatoms. The van der Waals surface area contributed by atoms with Gasteiger partial charge in [0.25, 0.3) is 5.91 Å². The van der Waals surface area contributed by atoms with Gasteiger partial charge in [0.1, 0.15) is 11.5 Å². The number of carbonyl (C=O) groups excluding carboxylic acids is 1. The maximum atomic E-state index is 13.3. The summed E-state index contributed by atoms with van der Waals surface area (Å²) in [4.78, 5) is 23.4. The van der Waals surface area contributed by atoms with Crippen molar-refractivity contribution in [3.63, 3.8) is 0 Å². The minimum Gasteiger partial charge on any atom is -0.340 e. The van der Waals surface area contributed by atoms with Crippen molar-refractivity contribution < 1.29 is 4.79 Å². The van der Waals surface area contributed by atoms with Crippen LogP contribution in [0.5, 0.6) is 0 Å². The van der Waals surface area contributed by atoms with Crippen LogP contribution >= 0.6 is 0 Å². The van der Waals surface area contributed by atoms with Crippen molar-refractivity contribution in [1.29, 1.82) is 0 Å². The lowest BCUT2D eigenvalue weighted by Gasteiger charge is -2.23. The Balaban J connectivity index is 1.63. The molecule has 1 aliphatic rings. The molecule has 0 unspecified atom stereocenters. The molecule has 2 aromatic heterocycles. The third-order valence-electron chi connectivity index (χ3n) is 5.20. The van der Waals surface area contributed by atoms with Crippen LogP contribution in [-0.4, -0.2) is 37.1 Å². The number of benzene rings is 1. The van der Waals surface area contributed by atoms with Gasteiger partial charge < -0.3 is 9.88 Å². The van der Waals surface area contributed by atoms with Gasteiger partial charge in [-0.1, -0.05) is 26.0 Å². The van der Waals surface area contributed by atoms with E-state index >= 15 is 0 Å². The number of aromatic amines is 1. The van der Waals surface area contributed by atoms with Crippen LogP contribution in [0.15, 0.2) is 30.3 Å².